The third-order valence-corrected chi connectivity index (χ3v) is 8.63. The van der Waals surface area contributed by atoms with Crippen molar-refractivity contribution in [3.63, 3.8) is 0 Å². The quantitative estimate of drug-likeness (QED) is 0.701. The first-order chi connectivity index (χ1) is 13.0. The lowest BCUT2D eigenvalue weighted by atomic mass is 9.76. The Hall–Kier alpha value is -1.65. The van der Waals surface area contributed by atoms with Crippen LogP contribution in [0, 0.1) is 11.3 Å². The number of nitrogens with one attached hydrogen (secondary N) is 1. The van der Waals surface area contributed by atoms with Crippen LogP contribution in [0.15, 0.2) is 26.3 Å². The number of benzene rings is 1. The first kappa shape index (κ1) is 19.7. The van der Waals surface area contributed by atoms with E-state index in [0.29, 0.717) is 17.5 Å². The van der Waals surface area contributed by atoms with Gasteiger partial charge in [-0.15, -0.1) is 0 Å². The largest absolute Gasteiger partial charge is 0.328 e. The molecule has 0 aliphatic heterocycles. The summed E-state index contributed by atoms with van der Waals surface area (Å²) in [6.45, 7) is 0. The van der Waals surface area contributed by atoms with Gasteiger partial charge in [-0.25, -0.2) is 17.9 Å². The van der Waals surface area contributed by atoms with E-state index in [9.17, 15) is 18.0 Å². The number of aryl methyl sites for hydroxylation is 2. The van der Waals surface area contributed by atoms with Gasteiger partial charge in [-0.3, -0.25) is 13.9 Å². The molecule has 4 rings (SSSR count). The molecule has 2 saturated carbocycles. The summed E-state index contributed by atoms with van der Waals surface area (Å²) in [5.41, 5.74) is 7.11. The highest BCUT2D eigenvalue weighted by molar-refractivity contribution is 9.10. The molecule has 0 saturated heterocycles. The summed E-state index contributed by atoms with van der Waals surface area (Å²) in [5, 5.41) is 0. The van der Waals surface area contributed by atoms with Gasteiger partial charge in [0.05, 0.1) is 17.0 Å². The number of nitrogens with zero attached hydrogens (tertiary/aromatic N) is 2. The van der Waals surface area contributed by atoms with E-state index < -0.39 is 21.8 Å². The van der Waals surface area contributed by atoms with Crippen LogP contribution in [0.1, 0.15) is 32.1 Å². The number of carbonyl (C=O) groups excluding carboxylic acids is 1. The summed E-state index contributed by atoms with van der Waals surface area (Å²) in [4.78, 5) is 24.8. The fraction of sp³-hybridized carbons (Fsp3) is 0.556. The van der Waals surface area contributed by atoms with Gasteiger partial charge in [0.15, 0.2) is 0 Å². The highest BCUT2D eigenvalue weighted by Crippen LogP contribution is 2.57. The molecule has 10 heteroatoms. The average Bonchev–Trinajstić information content (AvgIpc) is 3.36. The Labute approximate surface area is 171 Å². The number of amides is 1. The minimum Gasteiger partial charge on any atom is -0.327 e. The molecule has 152 valence electrons. The standard InChI is InChI=1S/C18H23BrN4O4S/c1-22-13-7-11(19)15(8-14(13)23(2)17(22)25)28(26,27)21-16(24)10-9-18(5-6-18)4-3-12(10)20/h7-8,10,12H,3-6,9,20H2,1-2H3,(H,21,24). The fourth-order valence-corrected chi connectivity index (χ4v) is 6.36. The Morgan fingerprint density at radius 2 is 1.82 bits per heavy atom. The zero-order chi connectivity index (χ0) is 20.4. The Morgan fingerprint density at radius 1 is 1.21 bits per heavy atom. The molecule has 28 heavy (non-hydrogen) atoms. The van der Waals surface area contributed by atoms with Gasteiger partial charge in [0.25, 0.3) is 10.0 Å². The summed E-state index contributed by atoms with van der Waals surface area (Å²) >= 11 is 3.27. The highest BCUT2D eigenvalue weighted by Gasteiger charge is 2.50. The van der Waals surface area contributed by atoms with Gasteiger partial charge in [0.1, 0.15) is 4.90 Å². The van der Waals surface area contributed by atoms with Gasteiger partial charge >= 0.3 is 5.69 Å². The maximum absolute atomic E-state index is 12.9. The van der Waals surface area contributed by atoms with Crippen molar-refractivity contribution in [3.05, 3.63) is 27.1 Å². The number of nitrogens with two attached hydrogens (primary N) is 1. The second-order valence-electron chi connectivity index (χ2n) is 8.15. The van der Waals surface area contributed by atoms with Crippen molar-refractivity contribution in [1.29, 1.82) is 0 Å². The molecule has 0 radical (unpaired) electrons. The van der Waals surface area contributed by atoms with E-state index in [-0.39, 0.29) is 26.5 Å². The molecular weight excluding hydrogens is 448 g/mol. The average molecular weight is 471 g/mol. The number of imidazole rings is 1. The lowest BCUT2D eigenvalue weighted by molar-refractivity contribution is -0.125. The van der Waals surface area contributed by atoms with Crippen molar-refractivity contribution >= 4 is 42.9 Å². The van der Waals surface area contributed by atoms with Crippen molar-refractivity contribution in [2.75, 3.05) is 0 Å². The molecule has 1 amide bonds. The molecule has 2 fully saturated rings. The lowest BCUT2D eigenvalue weighted by Crippen LogP contribution is -2.47. The predicted octanol–water partition coefficient (Wildman–Crippen LogP) is 1.35. The third kappa shape index (κ3) is 3.11. The summed E-state index contributed by atoms with van der Waals surface area (Å²) in [7, 11) is -0.929. The lowest BCUT2D eigenvalue weighted by Gasteiger charge is -2.33. The highest BCUT2D eigenvalue weighted by atomic mass is 79.9. The van der Waals surface area contributed by atoms with Crippen LogP contribution in [0.5, 0.6) is 0 Å². The maximum atomic E-state index is 12.9. The topological polar surface area (TPSA) is 116 Å². The van der Waals surface area contributed by atoms with Gasteiger partial charge < -0.3 is 5.73 Å². The van der Waals surface area contributed by atoms with Crippen LogP contribution in [0.2, 0.25) is 0 Å². The first-order valence-corrected chi connectivity index (χ1v) is 11.5. The minimum atomic E-state index is -4.12. The number of carbonyl (C=O) groups is 1. The van der Waals surface area contributed by atoms with Crippen molar-refractivity contribution in [2.24, 2.45) is 31.2 Å². The van der Waals surface area contributed by atoms with Crippen LogP contribution < -0.4 is 16.1 Å². The Balaban J connectivity index is 1.66. The van der Waals surface area contributed by atoms with Crippen LogP contribution in [-0.2, 0) is 28.9 Å². The van der Waals surface area contributed by atoms with E-state index >= 15 is 0 Å². The zero-order valence-electron chi connectivity index (χ0n) is 15.7. The molecule has 2 atom stereocenters. The van der Waals surface area contributed by atoms with Crippen molar-refractivity contribution in [2.45, 2.75) is 43.0 Å². The molecule has 8 nitrogen and oxygen atoms in total. The van der Waals surface area contributed by atoms with Crippen LogP contribution in [0.25, 0.3) is 11.0 Å². The van der Waals surface area contributed by atoms with Gasteiger partial charge in [-0.1, -0.05) is 0 Å². The molecule has 2 aliphatic rings. The van der Waals surface area contributed by atoms with E-state index in [4.69, 9.17) is 5.73 Å². The Bertz CT molecular complexity index is 1150. The second kappa shape index (κ2) is 6.43. The van der Waals surface area contributed by atoms with E-state index in [1.54, 1.807) is 20.2 Å². The van der Waals surface area contributed by atoms with Crippen LogP contribution in [0.3, 0.4) is 0 Å². The second-order valence-corrected chi connectivity index (χ2v) is 10.7. The smallest absolute Gasteiger partial charge is 0.327 e. The summed E-state index contributed by atoms with van der Waals surface area (Å²) in [6, 6.07) is 2.64. The Kier molecular flexibility index (Phi) is 4.51. The minimum absolute atomic E-state index is 0.0833. The van der Waals surface area contributed by atoms with E-state index in [1.165, 1.54) is 15.2 Å². The molecule has 2 unspecified atom stereocenters. The third-order valence-electron chi connectivity index (χ3n) is 6.32. The number of fused-ring (bicyclic) bond motifs is 1. The number of aromatic nitrogens is 2. The van der Waals surface area contributed by atoms with Crippen LogP contribution >= 0.6 is 15.9 Å². The number of hydrogen-bond donors (Lipinski definition) is 2. The SMILES string of the molecule is Cn1c(=O)n(C)c2cc(S(=O)(=O)NC(=O)C3CC4(CCC3N)CC4)c(Br)cc21. The fourth-order valence-electron chi connectivity index (χ4n) is 4.28. The van der Waals surface area contributed by atoms with Crippen molar-refractivity contribution < 1.29 is 13.2 Å². The first-order valence-electron chi connectivity index (χ1n) is 9.22. The molecule has 1 aromatic carbocycles. The van der Waals surface area contributed by atoms with Gasteiger partial charge in [-0.2, -0.15) is 0 Å². The van der Waals surface area contributed by atoms with Gasteiger partial charge in [0.2, 0.25) is 5.91 Å². The van der Waals surface area contributed by atoms with Gasteiger partial charge in [0, 0.05) is 24.6 Å². The van der Waals surface area contributed by atoms with E-state index in [2.05, 4.69) is 20.7 Å². The number of rotatable bonds is 3. The number of sulfonamides is 1. The Morgan fingerprint density at radius 3 is 2.43 bits per heavy atom. The number of hydrogen-bond acceptors (Lipinski definition) is 5. The molecule has 1 aromatic heterocycles. The maximum Gasteiger partial charge on any atom is 0.328 e. The molecule has 2 aromatic rings. The summed E-state index contributed by atoms with van der Waals surface area (Å²) in [6.07, 6.45) is 4.55. The normalized spacial score (nSPS) is 23.9. The molecule has 1 heterocycles. The van der Waals surface area contributed by atoms with E-state index in [0.717, 1.165) is 25.7 Å². The van der Waals surface area contributed by atoms with Crippen LogP contribution in [-0.4, -0.2) is 29.5 Å². The van der Waals surface area contributed by atoms with Gasteiger partial charge in [-0.05, 0) is 65.6 Å². The predicted molar refractivity (Wildman–Crippen MR) is 108 cm³/mol. The van der Waals surface area contributed by atoms with Crippen molar-refractivity contribution in [1.82, 2.24) is 13.9 Å². The molecule has 0 bridgehead atoms. The van der Waals surface area contributed by atoms with Crippen molar-refractivity contribution in [3.8, 4) is 0 Å². The summed E-state index contributed by atoms with van der Waals surface area (Å²) in [5.74, 6) is -1.05. The molecule has 1 spiro atoms. The summed E-state index contributed by atoms with van der Waals surface area (Å²) < 4.78 is 31.2. The molecule has 2 aliphatic carbocycles. The van der Waals surface area contributed by atoms with Crippen LogP contribution in [0.4, 0.5) is 0 Å². The zero-order valence-corrected chi connectivity index (χ0v) is 18.1. The molecular formula is C18H23BrN4O4S. The van der Waals surface area contributed by atoms with E-state index in [1.807, 2.05) is 0 Å². The number of halogens is 1. The monoisotopic (exact) mass is 470 g/mol. The molecule has 3 N–H and O–H groups in total.